The first kappa shape index (κ1) is 27.6. The summed E-state index contributed by atoms with van der Waals surface area (Å²) in [7, 11) is 0. The summed E-state index contributed by atoms with van der Waals surface area (Å²) < 4.78 is 41.8. The number of hydrogen-bond donors (Lipinski definition) is 0. The van der Waals surface area contributed by atoms with Crippen LogP contribution < -0.4 is 0 Å². The van der Waals surface area contributed by atoms with Gasteiger partial charge in [-0.1, -0.05) is 63.4 Å². The highest BCUT2D eigenvalue weighted by Crippen LogP contribution is 2.47. The molecule has 1 aromatic carbocycles. The lowest BCUT2D eigenvalue weighted by Gasteiger charge is -2.16. The lowest BCUT2D eigenvalue weighted by molar-refractivity contribution is 0.0174. The van der Waals surface area contributed by atoms with Crippen molar-refractivity contribution >= 4 is 11.8 Å². The molecule has 0 bridgehead atoms. The van der Waals surface area contributed by atoms with Gasteiger partial charge >= 0.3 is 0 Å². The molecule has 0 heterocycles. The Bertz CT molecular complexity index is 1040. The number of benzene rings is 1. The monoisotopic (exact) mass is 469 g/mol. The predicted molar refractivity (Wildman–Crippen MR) is 140 cm³/mol. The molecule has 1 aromatic rings. The van der Waals surface area contributed by atoms with Crippen molar-refractivity contribution in [2.75, 3.05) is 0 Å². The van der Waals surface area contributed by atoms with Crippen molar-refractivity contribution in [2.45, 2.75) is 66.5 Å². The van der Waals surface area contributed by atoms with E-state index in [0.29, 0.717) is 34.3 Å². The fourth-order valence-electron chi connectivity index (χ4n) is 3.76. The Morgan fingerprint density at radius 3 is 2.26 bits per heavy atom. The SMILES string of the molecule is C=C(C)/C(=N\C(=C/c1cccc(C(C)(F)F)c1)C(C)C1CC1C)C(=C)/C=C\C=C(/C)C(C)(C)F. The summed E-state index contributed by atoms with van der Waals surface area (Å²) in [6.45, 7) is 20.1. The minimum atomic E-state index is -2.91. The lowest BCUT2D eigenvalue weighted by atomic mass is 9.96. The molecule has 0 aliphatic heterocycles. The van der Waals surface area contributed by atoms with Crippen LogP contribution >= 0.6 is 0 Å². The Hall–Kier alpha value is -2.62. The maximum atomic E-state index is 14.1. The van der Waals surface area contributed by atoms with Crippen LogP contribution in [0.3, 0.4) is 0 Å². The Morgan fingerprint density at radius 2 is 1.76 bits per heavy atom. The average molecular weight is 470 g/mol. The van der Waals surface area contributed by atoms with Gasteiger partial charge in [-0.05, 0) is 80.4 Å². The fraction of sp³-hybridized carbons (Fsp3) is 0.433. The van der Waals surface area contributed by atoms with Gasteiger partial charge in [-0.25, -0.2) is 13.2 Å². The minimum absolute atomic E-state index is 0.0255. The third kappa shape index (κ3) is 7.72. The molecule has 1 aliphatic rings. The van der Waals surface area contributed by atoms with Crippen LogP contribution in [0.5, 0.6) is 0 Å². The number of hydrogen-bond acceptors (Lipinski definition) is 1. The zero-order valence-electron chi connectivity index (χ0n) is 21.6. The third-order valence-electron chi connectivity index (χ3n) is 6.52. The van der Waals surface area contributed by atoms with Gasteiger partial charge in [0, 0.05) is 24.1 Å². The molecule has 3 atom stereocenters. The molecule has 1 nitrogen and oxygen atoms in total. The Morgan fingerprint density at radius 1 is 1.15 bits per heavy atom. The summed E-state index contributed by atoms with van der Waals surface area (Å²) >= 11 is 0. The van der Waals surface area contributed by atoms with Crippen LogP contribution in [0, 0.1) is 17.8 Å². The van der Waals surface area contributed by atoms with E-state index in [0.717, 1.165) is 24.6 Å². The molecule has 0 saturated heterocycles. The molecule has 0 amide bonds. The Kier molecular flexibility index (Phi) is 8.74. The maximum absolute atomic E-state index is 14.1. The van der Waals surface area contributed by atoms with Gasteiger partial charge in [-0.3, -0.25) is 4.99 Å². The van der Waals surface area contributed by atoms with Crippen molar-refractivity contribution < 1.29 is 13.2 Å². The topological polar surface area (TPSA) is 12.4 Å². The second-order valence-corrected chi connectivity index (χ2v) is 10.2. The summed E-state index contributed by atoms with van der Waals surface area (Å²) in [4.78, 5) is 4.95. The minimum Gasteiger partial charge on any atom is -0.252 e. The number of alkyl halides is 3. The van der Waals surface area contributed by atoms with Gasteiger partial charge in [0.15, 0.2) is 0 Å². The molecule has 1 saturated carbocycles. The van der Waals surface area contributed by atoms with E-state index in [1.165, 1.54) is 26.0 Å². The molecule has 1 fully saturated rings. The number of nitrogens with zero attached hydrogens (tertiary/aromatic N) is 1. The maximum Gasteiger partial charge on any atom is 0.270 e. The van der Waals surface area contributed by atoms with E-state index >= 15 is 0 Å². The summed E-state index contributed by atoms with van der Waals surface area (Å²) in [5.41, 5.74) is 2.73. The lowest BCUT2D eigenvalue weighted by Crippen LogP contribution is -2.12. The third-order valence-corrected chi connectivity index (χ3v) is 6.52. The summed E-state index contributed by atoms with van der Waals surface area (Å²) in [5.74, 6) is -1.65. The molecule has 0 N–H and O–H groups in total. The van der Waals surface area contributed by atoms with Crippen molar-refractivity contribution in [1.82, 2.24) is 0 Å². The van der Waals surface area contributed by atoms with Crippen LogP contribution in [0.4, 0.5) is 13.2 Å². The van der Waals surface area contributed by atoms with E-state index in [-0.39, 0.29) is 11.5 Å². The highest BCUT2D eigenvalue weighted by atomic mass is 19.3. The van der Waals surface area contributed by atoms with E-state index in [4.69, 9.17) is 4.99 Å². The van der Waals surface area contributed by atoms with Crippen molar-refractivity contribution in [2.24, 2.45) is 22.7 Å². The average Bonchev–Trinajstić information content (AvgIpc) is 3.45. The number of halogens is 3. The molecular weight excluding hydrogens is 431 g/mol. The van der Waals surface area contributed by atoms with Gasteiger partial charge in [0.2, 0.25) is 0 Å². The molecule has 34 heavy (non-hydrogen) atoms. The highest BCUT2D eigenvalue weighted by Gasteiger charge is 2.38. The number of allylic oxidation sites excluding steroid dienone is 7. The highest BCUT2D eigenvalue weighted by molar-refractivity contribution is 6.13. The quantitative estimate of drug-likeness (QED) is 0.239. The normalized spacial score (nSPS) is 21.1. The van der Waals surface area contributed by atoms with Gasteiger partial charge in [0.25, 0.3) is 5.92 Å². The standard InChI is InChI=1S/C30H38F3N/c1-19(2)28(20(3)12-10-13-22(5)29(7,8)31)34-27(23(6)26-16-21(26)4)18-24-14-11-15-25(17-24)30(9,32)33/h10-15,17-18,21,23,26H,1,3,16H2,2,4-9H3/b12-10-,22-13+,27-18-,34-28+. The molecule has 2 rings (SSSR count). The zero-order valence-corrected chi connectivity index (χ0v) is 21.6. The van der Waals surface area contributed by atoms with Crippen LogP contribution in [-0.4, -0.2) is 11.4 Å². The van der Waals surface area contributed by atoms with Crippen molar-refractivity contribution in [3.05, 3.63) is 89.2 Å². The first-order valence-electron chi connectivity index (χ1n) is 11.8. The number of aliphatic imine (C=N–C) groups is 1. The molecule has 0 aromatic heterocycles. The Balaban J connectivity index is 2.48. The zero-order chi connectivity index (χ0) is 25.8. The smallest absolute Gasteiger partial charge is 0.252 e. The number of rotatable bonds is 10. The molecule has 1 aliphatic carbocycles. The van der Waals surface area contributed by atoms with Gasteiger partial charge in [0.1, 0.15) is 5.67 Å². The van der Waals surface area contributed by atoms with E-state index < -0.39 is 11.6 Å². The van der Waals surface area contributed by atoms with E-state index in [2.05, 4.69) is 27.0 Å². The second kappa shape index (κ2) is 10.8. The van der Waals surface area contributed by atoms with E-state index in [1.54, 1.807) is 31.2 Å². The Labute approximate surface area is 203 Å². The summed E-state index contributed by atoms with van der Waals surface area (Å²) in [5, 5.41) is 0. The van der Waals surface area contributed by atoms with E-state index in [9.17, 15) is 13.2 Å². The van der Waals surface area contributed by atoms with Crippen LogP contribution in [0.2, 0.25) is 0 Å². The van der Waals surface area contributed by atoms with Crippen LogP contribution in [0.1, 0.15) is 66.0 Å². The predicted octanol–water partition coefficient (Wildman–Crippen LogP) is 9.26. The van der Waals surface area contributed by atoms with Crippen molar-refractivity contribution in [3.8, 4) is 0 Å². The molecule has 184 valence electrons. The van der Waals surface area contributed by atoms with Crippen LogP contribution in [0.15, 0.2) is 83.1 Å². The summed E-state index contributed by atoms with van der Waals surface area (Å²) in [6, 6.07) is 6.41. The van der Waals surface area contributed by atoms with Gasteiger partial charge in [0.05, 0.1) is 5.71 Å². The first-order valence-corrected chi connectivity index (χ1v) is 11.8. The molecule has 0 radical (unpaired) electrons. The van der Waals surface area contributed by atoms with Crippen LogP contribution in [0.25, 0.3) is 6.08 Å². The molecule has 4 heteroatoms. The second-order valence-electron chi connectivity index (χ2n) is 10.2. The first-order chi connectivity index (χ1) is 15.6. The molecule has 3 unspecified atom stereocenters. The van der Waals surface area contributed by atoms with Crippen molar-refractivity contribution in [1.29, 1.82) is 0 Å². The van der Waals surface area contributed by atoms with Crippen LogP contribution in [-0.2, 0) is 5.92 Å². The van der Waals surface area contributed by atoms with Gasteiger partial charge < -0.3 is 0 Å². The van der Waals surface area contributed by atoms with Gasteiger partial charge in [-0.15, -0.1) is 0 Å². The van der Waals surface area contributed by atoms with Crippen molar-refractivity contribution in [3.63, 3.8) is 0 Å². The largest absolute Gasteiger partial charge is 0.270 e. The van der Waals surface area contributed by atoms with E-state index in [1.807, 2.05) is 19.1 Å². The summed E-state index contributed by atoms with van der Waals surface area (Å²) in [6.07, 6.45) is 8.29. The molecule has 0 spiro atoms. The molecular formula is C30H38F3N. The fourth-order valence-corrected chi connectivity index (χ4v) is 3.76. The van der Waals surface area contributed by atoms with Gasteiger partial charge in [-0.2, -0.15) is 0 Å².